The van der Waals surface area contributed by atoms with Crippen molar-refractivity contribution in [2.75, 3.05) is 13.1 Å². The molecule has 1 heterocycles. The fourth-order valence-electron chi connectivity index (χ4n) is 3.17. The number of rotatable bonds is 5. The van der Waals surface area contributed by atoms with E-state index in [0.29, 0.717) is 23.9 Å². The van der Waals surface area contributed by atoms with E-state index >= 15 is 0 Å². The smallest absolute Gasteiger partial charge is 0.240 e. The maximum absolute atomic E-state index is 12.4. The Morgan fingerprint density at radius 2 is 1.96 bits per heavy atom. The Bertz CT molecular complexity index is 569. The van der Waals surface area contributed by atoms with E-state index in [4.69, 9.17) is 11.6 Å². The molecule has 3 rings (SSSR count). The van der Waals surface area contributed by atoms with Crippen molar-refractivity contribution in [2.45, 2.75) is 44.6 Å². The molecule has 1 saturated heterocycles. The van der Waals surface area contributed by atoms with Crippen molar-refractivity contribution in [3.05, 3.63) is 34.9 Å². The van der Waals surface area contributed by atoms with Crippen molar-refractivity contribution < 1.29 is 9.59 Å². The van der Waals surface area contributed by atoms with Crippen LogP contribution in [0.5, 0.6) is 0 Å². The third-order valence-corrected chi connectivity index (χ3v) is 4.90. The van der Waals surface area contributed by atoms with E-state index in [1.807, 2.05) is 24.3 Å². The van der Waals surface area contributed by atoms with Gasteiger partial charge in [-0.1, -0.05) is 30.2 Å². The highest BCUT2D eigenvalue weighted by atomic mass is 35.5. The molecule has 1 N–H and O–H groups in total. The summed E-state index contributed by atoms with van der Waals surface area (Å²) in [7, 11) is 0. The summed E-state index contributed by atoms with van der Waals surface area (Å²) in [6, 6.07) is 7.70. The zero-order valence-electron chi connectivity index (χ0n) is 13.3. The lowest BCUT2D eigenvalue weighted by molar-refractivity contribution is -0.135. The van der Waals surface area contributed by atoms with Gasteiger partial charge in [0.2, 0.25) is 11.8 Å². The predicted molar refractivity (Wildman–Crippen MR) is 90.1 cm³/mol. The van der Waals surface area contributed by atoms with Crippen molar-refractivity contribution in [3.63, 3.8) is 0 Å². The number of amides is 2. The van der Waals surface area contributed by atoms with Crippen LogP contribution in [0.1, 0.15) is 50.1 Å². The van der Waals surface area contributed by atoms with E-state index < -0.39 is 0 Å². The van der Waals surface area contributed by atoms with Crippen LogP contribution in [0, 0.1) is 5.92 Å². The summed E-state index contributed by atoms with van der Waals surface area (Å²) in [4.78, 5) is 26.1. The van der Waals surface area contributed by atoms with Gasteiger partial charge in [0.1, 0.15) is 0 Å². The first-order valence-corrected chi connectivity index (χ1v) is 8.84. The van der Waals surface area contributed by atoms with Gasteiger partial charge in [-0.05, 0) is 49.3 Å². The molecule has 23 heavy (non-hydrogen) atoms. The molecule has 1 atom stereocenters. The molecular weight excluding hydrogens is 312 g/mol. The standard InChI is InChI=1S/C18H23ClN2O2/c19-15-9-7-14(8-10-15)18(13-5-6-13)20-16(22)12-21-11-3-1-2-4-17(21)23/h7-10,13,18H,1-6,11-12H2,(H,20,22). The Kier molecular flexibility index (Phi) is 5.21. The van der Waals surface area contributed by atoms with E-state index in [1.54, 1.807) is 4.90 Å². The van der Waals surface area contributed by atoms with Gasteiger partial charge in [0, 0.05) is 18.0 Å². The minimum absolute atomic E-state index is 0.0295. The molecule has 2 fully saturated rings. The van der Waals surface area contributed by atoms with Crippen LogP contribution in [0.25, 0.3) is 0 Å². The Hall–Kier alpha value is -1.55. The first-order valence-electron chi connectivity index (χ1n) is 8.46. The Balaban J connectivity index is 1.62. The molecule has 124 valence electrons. The minimum Gasteiger partial charge on any atom is -0.347 e. The van der Waals surface area contributed by atoms with Gasteiger partial charge in [-0.25, -0.2) is 0 Å². The monoisotopic (exact) mass is 334 g/mol. The van der Waals surface area contributed by atoms with Crippen LogP contribution in [0.2, 0.25) is 5.02 Å². The van der Waals surface area contributed by atoms with Gasteiger partial charge in [0.05, 0.1) is 12.6 Å². The number of carbonyl (C=O) groups excluding carboxylic acids is 2. The average Bonchev–Trinajstić information content (AvgIpc) is 3.37. The second kappa shape index (κ2) is 7.35. The van der Waals surface area contributed by atoms with Crippen LogP contribution in [-0.2, 0) is 9.59 Å². The molecule has 1 unspecified atom stereocenters. The molecule has 0 radical (unpaired) electrons. The molecule has 1 aromatic carbocycles. The zero-order valence-corrected chi connectivity index (χ0v) is 14.0. The molecule has 0 bridgehead atoms. The van der Waals surface area contributed by atoms with Crippen molar-refractivity contribution in [2.24, 2.45) is 5.92 Å². The second-order valence-corrected chi connectivity index (χ2v) is 7.00. The second-order valence-electron chi connectivity index (χ2n) is 6.56. The lowest BCUT2D eigenvalue weighted by Gasteiger charge is -2.23. The predicted octanol–water partition coefficient (Wildman–Crippen LogP) is 3.31. The molecule has 0 spiro atoms. The summed E-state index contributed by atoms with van der Waals surface area (Å²) < 4.78 is 0. The topological polar surface area (TPSA) is 49.4 Å². The normalized spacial score (nSPS) is 20.0. The third kappa shape index (κ3) is 4.47. The van der Waals surface area contributed by atoms with Crippen molar-refractivity contribution in [1.82, 2.24) is 10.2 Å². The Labute approximate surface area is 142 Å². The van der Waals surface area contributed by atoms with Gasteiger partial charge < -0.3 is 10.2 Å². The fraction of sp³-hybridized carbons (Fsp3) is 0.556. The van der Waals surface area contributed by atoms with Crippen LogP contribution >= 0.6 is 11.6 Å². The van der Waals surface area contributed by atoms with Crippen molar-refractivity contribution in [3.8, 4) is 0 Å². The quantitative estimate of drug-likeness (QED) is 0.898. The molecule has 1 saturated carbocycles. The molecule has 2 amide bonds. The average molecular weight is 335 g/mol. The summed E-state index contributed by atoms with van der Waals surface area (Å²) >= 11 is 5.95. The van der Waals surface area contributed by atoms with Gasteiger partial charge in [-0.2, -0.15) is 0 Å². The summed E-state index contributed by atoms with van der Waals surface area (Å²) in [5, 5.41) is 3.83. The number of nitrogens with zero attached hydrogens (tertiary/aromatic N) is 1. The van der Waals surface area contributed by atoms with Crippen molar-refractivity contribution in [1.29, 1.82) is 0 Å². The van der Waals surface area contributed by atoms with Crippen LogP contribution < -0.4 is 5.32 Å². The lowest BCUT2D eigenvalue weighted by Crippen LogP contribution is -2.42. The third-order valence-electron chi connectivity index (χ3n) is 4.64. The van der Waals surface area contributed by atoms with Crippen LogP contribution in [0.15, 0.2) is 24.3 Å². The first kappa shape index (κ1) is 16.3. The summed E-state index contributed by atoms with van der Waals surface area (Å²) in [5.41, 5.74) is 1.09. The summed E-state index contributed by atoms with van der Waals surface area (Å²) in [6.45, 7) is 0.872. The van der Waals surface area contributed by atoms with Crippen molar-refractivity contribution >= 4 is 23.4 Å². The minimum atomic E-state index is -0.0629. The molecular formula is C18H23ClN2O2. The summed E-state index contributed by atoms with van der Waals surface area (Å²) in [6.07, 6.45) is 5.83. The van der Waals surface area contributed by atoms with Gasteiger partial charge >= 0.3 is 0 Å². The molecule has 1 aliphatic heterocycles. The van der Waals surface area contributed by atoms with Gasteiger partial charge in [-0.15, -0.1) is 0 Å². The van der Waals surface area contributed by atoms with E-state index in [9.17, 15) is 9.59 Å². The molecule has 0 aromatic heterocycles. The molecule has 1 aromatic rings. The number of hydrogen-bond donors (Lipinski definition) is 1. The number of carbonyl (C=O) groups is 2. The number of nitrogens with one attached hydrogen (secondary N) is 1. The van der Waals surface area contributed by atoms with Crippen LogP contribution in [0.3, 0.4) is 0 Å². The number of benzene rings is 1. The molecule has 5 heteroatoms. The number of halogens is 1. The SMILES string of the molecule is O=C(CN1CCCCCC1=O)NC(c1ccc(Cl)cc1)C1CC1. The van der Waals surface area contributed by atoms with E-state index in [1.165, 1.54) is 0 Å². The van der Waals surface area contributed by atoms with E-state index in [-0.39, 0.29) is 24.4 Å². The first-order chi connectivity index (χ1) is 11.1. The highest BCUT2D eigenvalue weighted by molar-refractivity contribution is 6.30. The Morgan fingerprint density at radius 3 is 2.65 bits per heavy atom. The summed E-state index contributed by atoms with van der Waals surface area (Å²) in [5.74, 6) is 0.541. The van der Waals surface area contributed by atoms with Gasteiger partial charge in [0.15, 0.2) is 0 Å². The van der Waals surface area contributed by atoms with Gasteiger partial charge in [-0.3, -0.25) is 9.59 Å². The van der Waals surface area contributed by atoms with E-state index in [2.05, 4.69) is 5.32 Å². The molecule has 2 aliphatic rings. The number of likely N-dealkylation sites (tertiary alicyclic amines) is 1. The highest BCUT2D eigenvalue weighted by Crippen LogP contribution is 2.41. The zero-order chi connectivity index (χ0) is 16.2. The molecule has 1 aliphatic carbocycles. The Morgan fingerprint density at radius 1 is 1.22 bits per heavy atom. The van der Waals surface area contributed by atoms with Crippen LogP contribution in [-0.4, -0.2) is 29.8 Å². The fourth-order valence-corrected chi connectivity index (χ4v) is 3.30. The maximum atomic E-state index is 12.4. The van der Waals surface area contributed by atoms with Crippen LogP contribution in [0.4, 0.5) is 0 Å². The van der Waals surface area contributed by atoms with Gasteiger partial charge in [0.25, 0.3) is 0 Å². The maximum Gasteiger partial charge on any atom is 0.240 e. The largest absolute Gasteiger partial charge is 0.347 e. The van der Waals surface area contributed by atoms with E-state index in [0.717, 1.165) is 37.7 Å². The lowest BCUT2D eigenvalue weighted by atomic mass is 10.0. The number of hydrogen-bond acceptors (Lipinski definition) is 2. The molecule has 4 nitrogen and oxygen atoms in total. The highest BCUT2D eigenvalue weighted by Gasteiger charge is 2.33.